The monoisotopic (exact) mass is 348 g/mol. The largest absolute Gasteiger partial charge is 0.336 e. The molecule has 0 unspecified atom stereocenters. The highest BCUT2D eigenvalue weighted by atomic mass is 35.5. The maximum Gasteiger partial charge on any atom is 0.255 e. The number of rotatable bonds is 3. The molecule has 1 aromatic heterocycles. The quantitative estimate of drug-likeness (QED) is 0.837. The number of halogens is 1. The first kappa shape index (κ1) is 16.5. The van der Waals surface area contributed by atoms with Crippen molar-refractivity contribution in [3.8, 4) is 0 Å². The van der Waals surface area contributed by atoms with Crippen molar-refractivity contribution in [2.24, 2.45) is 0 Å². The van der Waals surface area contributed by atoms with Gasteiger partial charge >= 0.3 is 0 Å². The van der Waals surface area contributed by atoms with Crippen molar-refractivity contribution in [1.82, 2.24) is 9.80 Å². The van der Waals surface area contributed by atoms with Gasteiger partial charge in [-0.25, -0.2) is 0 Å². The lowest BCUT2D eigenvalue weighted by atomic mass is 10.1. The molecule has 2 heterocycles. The molecule has 1 amide bonds. The summed E-state index contributed by atoms with van der Waals surface area (Å²) in [5.74, 6) is 0.171. The molecule has 0 radical (unpaired) electrons. The first-order valence-corrected chi connectivity index (χ1v) is 9.11. The molecule has 0 aliphatic carbocycles. The molecule has 1 saturated heterocycles. The number of aryl methyl sites for hydroxylation is 1. The minimum absolute atomic E-state index is 0.171. The number of amides is 1. The molecule has 0 spiro atoms. The maximum atomic E-state index is 12.6. The van der Waals surface area contributed by atoms with E-state index in [0.717, 1.165) is 54.4 Å². The van der Waals surface area contributed by atoms with Gasteiger partial charge in [-0.05, 0) is 31.0 Å². The van der Waals surface area contributed by atoms with Gasteiger partial charge in [-0.2, -0.15) is 0 Å². The van der Waals surface area contributed by atoms with Crippen molar-refractivity contribution in [1.29, 1.82) is 0 Å². The number of carbonyl (C=O) groups is 1. The zero-order chi connectivity index (χ0) is 16.4. The summed E-state index contributed by atoms with van der Waals surface area (Å²) in [7, 11) is 0. The molecule has 23 heavy (non-hydrogen) atoms. The number of thiophene rings is 1. The number of hydrogen-bond acceptors (Lipinski definition) is 3. The fourth-order valence-corrected chi connectivity index (χ4v) is 3.93. The van der Waals surface area contributed by atoms with E-state index in [1.54, 1.807) is 11.3 Å². The highest BCUT2D eigenvalue weighted by Crippen LogP contribution is 2.23. The van der Waals surface area contributed by atoms with Gasteiger partial charge in [-0.15, -0.1) is 11.3 Å². The molecule has 3 rings (SSSR count). The molecule has 1 aromatic carbocycles. The molecule has 0 N–H and O–H groups in total. The summed E-state index contributed by atoms with van der Waals surface area (Å²) >= 11 is 7.89. The standard InChI is InChI=1S/C18H21ClN2OS/c1-13-14(2)23-12-16(13)18(22)21-9-7-20(8-10-21)11-15-5-3-4-6-17(15)19/h3-6,12H,7-11H2,1-2H3. The van der Waals surface area contributed by atoms with Crippen LogP contribution in [0.15, 0.2) is 29.6 Å². The summed E-state index contributed by atoms with van der Waals surface area (Å²) in [4.78, 5) is 18.2. The van der Waals surface area contributed by atoms with Crippen LogP contribution < -0.4 is 0 Å². The van der Waals surface area contributed by atoms with Crippen LogP contribution in [0.5, 0.6) is 0 Å². The van der Waals surface area contributed by atoms with Crippen molar-refractivity contribution < 1.29 is 4.79 Å². The Bertz CT molecular complexity index is 705. The summed E-state index contributed by atoms with van der Waals surface area (Å²) < 4.78 is 0. The number of nitrogens with zero attached hydrogens (tertiary/aromatic N) is 2. The van der Waals surface area contributed by atoms with Crippen LogP contribution in [-0.4, -0.2) is 41.9 Å². The molecule has 0 bridgehead atoms. The Labute approximate surface area is 146 Å². The Morgan fingerprint density at radius 3 is 2.48 bits per heavy atom. The maximum absolute atomic E-state index is 12.6. The second-order valence-corrected chi connectivity index (χ2v) is 7.48. The van der Waals surface area contributed by atoms with Crippen molar-refractivity contribution in [3.63, 3.8) is 0 Å². The smallest absolute Gasteiger partial charge is 0.255 e. The van der Waals surface area contributed by atoms with Gasteiger partial charge in [0.2, 0.25) is 0 Å². The van der Waals surface area contributed by atoms with Crippen molar-refractivity contribution >= 4 is 28.8 Å². The second kappa shape index (κ2) is 7.04. The Morgan fingerprint density at radius 2 is 1.87 bits per heavy atom. The van der Waals surface area contributed by atoms with Gasteiger partial charge in [0, 0.05) is 48.0 Å². The first-order chi connectivity index (χ1) is 11.1. The number of benzene rings is 1. The number of hydrogen-bond donors (Lipinski definition) is 0. The van der Waals surface area contributed by atoms with Gasteiger partial charge in [0.25, 0.3) is 5.91 Å². The van der Waals surface area contributed by atoms with E-state index in [1.807, 2.05) is 35.4 Å². The van der Waals surface area contributed by atoms with E-state index in [-0.39, 0.29) is 5.91 Å². The Hall–Kier alpha value is -1.36. The molecule has 1 aliphatic rings. The fraction of sp³-hybridized carbons (Fsp3) is 0.389. The van der Waals surface area contributed by atoms with E-state index in [4.69, 9.17) is 11.6 Å². The zero-order valence-electron chi connectivity index (χ0n) is 13.5. The third-order valence-corrected chi connectivity index (χ3v) is 5.91. The summed E-state index contributed by atoms with van der Waals surface area (Å²) in [6.45, 7) is 8.27. The van der Waals surface area contributed by atoms with Crippen LogP contribution in [0, 0.1) is 13.8 Å². The van der Waals surface area contributed by atoms with Crippen molar-refractivity contribution in [2.75, 3.05) is 26.2 Å². The third kappa shape index (κ3) is 3.60. The average Bonchev–Trinajstić information content (AvgIpc) is 2.89. The Kier molecular flexibility index (Phi) is 5.05. The van der Waals surface area contributed by atoms with Crippen LogP contribution >= 0.6 is 22.9 Å². The summed E-state index contributed by atoms with van der Waals surface area (Å²) in [5, 5.41) is 2.80. The Morgan fingerprint density at radius 1 is 1.17 bits per heavy atom. The predicted molar refractivity (Wildman–Crippen MR) is 96.4 cm³/mol. The molecule has 1 aliphatic heterocycles. The minimum Gasteiger partial charge on any atom is -0.336 e. The van der Waals surface area contributed by atoms with Crippen molar-refractivity contribution in [2.45, 2.75) is 20.4 Å². The molecule has 122 valence electrons. The van der Waals surface area contributed by atoms with E-state index < -0.39 is 0 Å². The van der Waals surface area contributed by atoms with E-state index in [2.05, 4.69) is 17.9 Å². The van der Waals surface area contributed by atoms with Gasteiger partial charge in [-0.3, -0.25) is 9.69 Å². The van der Waals surface area contributed by atoms with E-state index in [9.17, 15) is 4.79 Å². The molecule has 5 heteroatoms. The van der Waals surface area contributed by atoms with Gasteiger partial charge in [0.05, 0.1) is 5.56 Å². The zero-order valence-corrected chi connectivity index (χ0v) is 15.1. The van der Waals surface area contributed by atoms with Gasteiger partial charge in [-0.1, -0.05) is 29.8 Å². The van der Waals surface area contributed by atoms with E-state index >= 15 is 0 Å². The summed E-state index contributed by atoms with van der Waals surface area (Å²) in [5.41, 5.74) is 3.14. The number of carbonyl (C=O) groups excluding carboxylic acids is 1. The van der Waals surface area contributed by atoms with Gasteiger partial charge in [0.1, 0.15) is 0 Å². The van der Waals surface area contributed by atoms with Crippen LogP contribution in [0.1, 0.15) is 26.4 Å². The number of piperazine rings is 1. The van der Waals surface area contributed by atoms with Crippen LogP contribution in [0.3, 0.4) is 0 Å². The molecule has 0 atom stereocenters. The molecule has 0 saturated carbocycles. The lowest BCUT2D eigenvalue weighted by molar-refractivity contribution is 0.0628. The highest BCUT2D eigenvalue weighted by molar-refractivity contribution is 7.10. The third-order valence-electron chi connectivity index (χ3n) is 4.53. The topological polar surface area (TPSA) is 23.6 Å². The Balaban J connectivity index is 1.59. The average molecular weight is 349 g/mol. The predicted octanol–water partition coefficient (Wildman–Crippen LogP) is 3.98. The van der Waals surface area contributed by atoms with Gasteiger partial charge < -0.3 is 4.90 Å². The van der Waals surface area contributed by atoms with Crippen LogP contribution in [-0.2, 0) is 6.54 Å². The lowest BCUT2D eigenvalue weighted by Gasteiger charge is -2.35. The van der Waals surface area contributed by atoms with E-state index in [1.165, 1.54) is 4.88 Å². The van der Waals surface area contributed by atoms with E-state index in [0.29, 0.717) is 0 Å². The summed E-state index contributed by atoms with van der Waals surface area (Å²) in [6, 6.07) is 7.96. The fourth-order valence-electron chi connectivity index (χ4n) is 2.87. The van der Waals surface area contributed by atoms with Gasteiger partial charge in [0.15, 0.2) is 0 Å². The first-order valence-electron chi connectivity index (χ1n) is 7.86. The molecular weight excluding hydrogens is 328 g/mol. The summed E-state index contributed by atoms with van der Waals surface area (Å²) in [6.07, 6.45) is 0. The van der Waals surface area contributed by atoms with Crippen LogP contribution in [0.2, 0.25) is 5.02 Å². The molecule has 2 aromatic rings. The second-order valence-electron chi connectivity index (χ2n) is 5.99. The highest BCUT2D eigenvalue weighted by Gasteiger charge is 2.24. The normalized spacial score (nSPS) is 15.9. The van der Waals surface area contributed by atoms with Crippen LogP contribution in [0.25, 0.3) is 0 Å². The van der Waals surface area contributed by atoms with Crippen LogP contribution in [0.4, 0.5) is 0 Å². The molecular formula is C18H21ClN2OS. The SMILES string of the molecule is Cc1scc(C(=O)N2CCN(Cc3ccccc3Cl)CC2)c1C. The molecule has 3 nitrogen and oxygen atoms in total. The molecule has 1 fully saturated rings. The lowest BCUT2D eigenvalue weighted by Crippen LogP contribution is -2.48. The minimum atomic E-state index is 0.171. The van der Waals surface area contributed by atoms with Crippen molar-refractivity contribution in [3.05, 3.63) is 56.2 Å².